The fraction of sp³-hybridized carbons (Fsp3) is 0.294. The molecule has 3 heterocycles. The highest BCUT2D eigenvalue weighted by Gasteiger charge is 2.25. The zero-order chi connectivity index (χ0) is 31.5. The molecule has 6 rings (SSSR count). The van der Waals surface area contributed by atoms with E-state index in [0.717, 1.165) is 17.5 Å². The van der Waals surface area contributed by atoms with Gasteiger partial charge in [-0.15, -0.1) is 0 Å². The smallest absolute Gasteiger partial charge is 0.220 e. The third-order valence-electron chi connectivity index (χ3n) is 8.21. The van der Waals surface area contributed by atoms with Gasteiger partial charge in [-0.05, 0) is 30.7 Å². The first-order valence-corrected chi connectivity index (χ1v) is 15.6. The summed E-state index contributed by atoms with van der Waals surface area (Å²) in [7, 11) is 1.62. The molecule has 2 fully saturated rings. The van der Waals surface area contributed by atoms with Crippen molar-refractivity contribution in [2.45, 2.75) is 38.1 Å². The first-order valence-electron chi connectivity index (χ1n) is 14.9. The predicted molar refractivity (Wildman–Crippen MR) is 176 cm³/mol. The van der Waals surface area contributed by atoms with E-state index in [1.807, 2.05) is 35.2 Å². The molecule has 234 valence electrons. The largest absolute Gasteiger partial charge is 0.496 e. The molecule has 0 saturated carbocycles. The summed E-state index contributed by atoms with van der Waals surface area (Å²) in [6, 6.07) is 18.5. The van der Waals surface area contributed by atoms with Crippen molar-refractivity contribution in [3.05, 3.63) is 93.8 Å². The van der Waals surface area contributed by atoms with Gasteiger partial charge in [0.25, 0.3) is 0 Å². The van der Waals surface area contributed by atoms with Crippen molar-refractivity contribution in [1.29, 1.82) is 0 Å². The van der Waals surface area contributed by atoms with Gasteiger partial charge in [-0.25, -0.2) is 4.39 Å². The topological polar surface area (TPSA) is 98.8 Å². The molecule has 0 radical (unpaired) electrons. The maximum atomic E-state index is 15.4. The number of halogens is 3. The van der Waals surface area contributed by atoms with Crippen LogP contribution >= 0.6 is 23.2 Å². The number of carbonyl (C=O) groups is 1. The zero-order valence-electron chi connectivity index (χ0n) is 24.7. The van der Waals surface area contributed by atoms with E-state index >= 15 is 4.39 Å². The first-order chi connectivity index (χ1) is 21.8. The van der Waals surface area contributed by atoms with Crippen LogP contribution in [0.3, 0.4) is 0 Å². The lowest BCUT2D eigenvalue weighted by molar-refractivity contribution is -0.119. The van der Waals surface area contributed by atoms with Crippen molar-refractivity contribution in [2.75, 3.05) is 32.1 Å². The molecule has 4 aromatic rings. The number of rotatable bonds is 11. The lowest BCUT2D eigenvalue weighted by Gasteiger charge is -2.35. The SMILES string of the molecule is COc1cc(-c2nccc(-c3cccc(Nc4cccc(CN5CC(O)C5)c4F)c3Cl)c2Cl)ccc1CNC[C@@H]1CCC(=O)N1. The second-order valence-corrected chi connectivity index (χ2v) is 12.2. The molecule has 0 bridgehead atoms. The van der Waals surface area contributed by atoms with Crippen LogP contribution in [0.5, 0.6) is 5.75 Å². The average molecular weight is 651 g/mol. The van der Waals surface area contributed by atoms with E-state index in [4.69, 9.17) is 27.9 Å². The number of benzene rings is 3. The van der Waals surface area contributed by atoms with Crippen molar-refractivity contribution >= 4 is 40.5 Å². The van der Waals surface area contributed by atoms with Gasteiger partial charge in [0, 0.05) is 79.2 Å². The highest BCUT2D eigenvalue weighted by atomic mass is 35.5. The van der Waals surface area contributed by atoms with Crippen molar-refractivity contribution in [2.24, 2.45) is 0 Å². The first kappa shape index (κ1) is 31.3. The number of hydrogen-bond acceptors (Lipinski definition) is 7. The maximum absolute atomic E-state index is 15.4. The molecule has 4 N–H and O–H groups in total. The Hall–Kier alpha value is -3.73. The monoisotopic (exact) mass is 649 g/mol. The summed E-state index contributed by atoms with van der Waals surface area (Å²) in [5.74, 6) is 0.430. The summed E-state index contributed by atoms with van der Waals surface area (Å²) < 4.78 is 21.1. The molecule has 11 heteroatoms. The van der Waals surface area contributed by atoms with Gasteiger partial charge in [0.1, 0.15) is 5.75 Å². The Morgan fingerprint density at radius 3 is 2.58 bits per heavy atom. The van der Waals surface area contributed by atoms with Crippen LogP contribution in [0.4, 0.5) is 15.8 Å². The minimum absolute atomic E-state index is 0.0964. The molecule has 1 amide bonds. The number of aliphatic hydroxyl groups excluding tert-OH is 1. The number of ether oxygens (including phenoxy) is 1. The summed E-state index contributed by atoms with van der Waals surface area (Å²) in [4.78, 5) is 18.0. The van der Waals surface area contributed by atoms with E-state index in [2.05, 4.69) is 20.9 Å². The average Bonchev–Trinajstić information content (AvgIpc) is 3.44. The molecule has 0 aliphatic carbocycles. The van der Waals surface area contributed by atoms with Crippen LogP contribution in [0.1, 0.15) is 24.0 Å². The molecule has 0 unspecified atom stereocenters. The molecular formula is C34H34Cl2FN5O3. The van der Waals surface area contributed by atoms with E-state index in [9.17, 15) is 9.90 Å². The molecule has 1 atom stereocenters. The summed E-state index contributed by atoms with van der Waals surface area (Å²) in [6.07, 6.45) is 2.74. The van der Waals surface area contributed by atoms with Gasteiger partial charge >= 0.3 is 0 Å². The number of likely N-dealkylation sites (tertiary alicyclic amines) is 1. The Morgan fingerprint density at radius 1 is 1.04 bits per heavy atom. The number of methoxy groups -OCH3 is 1. The number of β-amino-alcohol motifs (C(OH)–C–C–N with tert-alkyl or cyclic N) is 1. The fourth-order valence-electron chi connectivity index (χ4n) is 5.80. The van der Waals surface area contributed by atoms with Crippen molar-refractivity contribution in [3.8, 4) is 28.1 Å². The van der Waals surface area contributed by atoms with Crippen molar-refractivity contribution < 1.29 is 19.0 Å². The molecule has 0 spiro atoms. The van der Waals surface area contributed by atoms with Gasteiger partial charge in [0.05, 0.1) is 40.3 Å². The molecule has 2 aliphatic heterocycles. The number of aromatic nitrogens is 1. The highest BCUT2D eigenvalue weighted by molar-refractivity contribution is 6.39. The van der Waals surface area contributed by atoms with Crippen LogP contribution in [0.2, 0.25) is 10.0 Å². The number of aliphatic hydroxyl groups is 1. The molecule has 3 aromatic carbocycles. The number of carbonyl (C=O) groups excluding carboxylic acids is 1. The Kier molecular flexibility index (Phi) is 9.53. The van der Waals surface area contributed by atoms with E-state index in [1.54, 1.807) is 43.6 Å². The van der Waals surface area contributed by atoms with Crippen molar-refractivity contribution in [1.82, 2.24) is 20.5 Å². The Morgan fingerprint density at radius 2 is 1.82 bits per heavy atom. The summed E-state index contributed by atoms with van der Waals surface area (Å²) in [5, 5.41) is 19.9. The van der Waals surface area contributed by atoms with Crippen LogP contribution in [-0.4, -0.2) is 59.8 Å². The van der Waals surface area contributed by atoms with Gasteiger partial charge < -0.3 is 25.8 Å². The predicted octanol–water partition coefficient (Wildman–Crippen LogP) is 6.16. The lowest BCUT2D eigenvalue weighted by Crippen LogP contribution is -2.49. The van der Waals surface area contributed by atoms with Gasteiger partial charge in [-0.1, -0.05) is 59.6 Å². The third kappa shape index (κ3) is 6.93. The van der Waals surface area contributed by atoms with E-state index in [1.165, 1.54) is 0 Å². The molecule has 45 heavy (non-hydrogen) atoms. The van der Waals surface area contributed by atoms with Gasteiger partial charge in [-0.2, -0.15) is 0 Å². The maximum Gasteiger partial charge on any atom is 0.220 e. The van der Waals surface area contributed by atoms with E-state index in [0.29, 0.717) is 88.7 Å². The van der Waals surface area contributed by atoms with Gasteiger partial charge in [0.2, 0.25) is 5.91 Å². The number of nitrogens with zero attached hydrogens (tertiary/aromatic N) is 2. The number of hydrogen-bond donors (Lipinski definition) is 4. The summed E-state index contributed by atoms with van der Waals surface area (Å²) in [5.41, 5.74) is 5.07. The van der Waals surface area contributed by atoms with Crippen molar-refractivity contribution in [3.63, 3.8) is 0 Å². The zero-order valence-corrected chi connectivity index (χ0v) is 26.3. The number of nitrogens with one attached hydrogen (secondary N) is 3. The summed E-state index contributed by atoms with van der Waals surface area (Å²) in [6.45, 7) is 2.76. The quantitative estimate of drug-likeness (QED) is 0.155. The molecule has 2 saturated heterocycles. The number of amides is 1. The second kappa shape index (κ2) is 13.7. The summed E-state index contributed by atoms with van der Waals surface area (Å²) >= 11 is 13.9. The van der Waals surface area contributed by atoms with Crippen LogP contribution in [0.25, 0.3) is 22.4 Å². The molecular weight excluding hydrogens is 616 g/mol. The van der Waals surface area contributed by atoms with Gasteiger partial charge in [0.15, 0.2) is 5.82 Å². The van der Waals surface area contributed by atoms with E-state index in [-0.39, 0.29) is 23.9 Å². The van der Waals surface area contributed by atoms with E-state index < -0.39 is 0 Å². The standard InChI is InChI=1S/C34H34Cl2FN5O3/c1-45-29-14-20(8-9-21(29)15-38-16-23-10-11-30(44)40-23)34-32(36)26(12-13-39-34)25-5-3-6-27(31(25)35)41-28-7-2-4-22(33(28)37)17-42-18-24(43)19-42/h2-9,12-14,23-24,38,41,43H,10-11,15-19H2,1H3,(H,40,44)/t23-/m0/s1. The minimum Gasteiger partial charge on any atom is -0.496 e. The van der Waals surface area contributed by atoms with Crippen LogP contribution in [0.15, 0.2) is 66.9 Å². The highest BCUT2D eigenvalue weighted by Crippen LogP contribution is 2.42. The third-order valence-corrected chi connectivity index (χ3v) is 9.00. The number of anilines is 2. The van der Waals surface area contributed by atoms with Gasteiger partial charge in [-0.3, -0.25) is 14.7 Å². The van der Waals surface area contributed by atoms with Crippen LogP contribution in [0, 0.1) is 5.82 Å². The minimum atomic E-state index is -0.359. The normalized spacial score (nSPS) is 16.8. The van der Waals surface area contributed by atoms with Crippen LogP contribution < -0.4 is 20.7 Å². The number of pyridine rings is 1. The Bertz CT molecular complexity index is 1720. The second-order valence-electron chi connectivity index (χ2n) is 11.4. The molecule has 2 aliphatic rings. The fourth-order valence-corrected chi connectivity index (χ4v) is 6.39. The molecule has 8 nitrogen and oxygen atoms in total. The molecule has 1 aromatic heterocycles. The van der Waals surface area contributed by atoms with Crippen LogP contribution in [-0.2, 0) is 17.9 Å². The Labute approximate surface area is 271 Å². The Balaban J connectivity index is 1.21. The lowest BCUT2D eigenvalue weighted by atomic mass is 10.0.